The minimum absolute atomic E-state index is 0.0949. The summed E-state index contributed by atoms with van der Waals surface area (Å²) < 4.78 is 0. The molecule has 2 N–H and O–H groups in total. The maximum absolute atomic E-state index is 11.1. The highest BCUT2D eigenvalue weighted by atomic mass is 16.2. The van der Waals surface area contributed by atoms with Crippen LogP contribution in [0.15, 0.2) is 0 Å². The van der Waals surface area contributed by atoms with E-state index < -0.39 is 0 Å². The number of carbonyl (C=O) groups is 1. The first-order chi connectivity index (χ1) is 5.72. The molecule has 1 rings (SSSR count). The third kappa shape index (κ3) is 3.22. The summed E-state index contributed by atoms with van der Waals surface area (Å²) in [7, 11) is 0. The van der Waals surface area contributed by atoms with Crippen LogP contribution in [0.25, 0.3) is 0 Å². The van der Waals surface area contributed by atoms with Crippen molar-refractivity contribution in [3.8, 4) is 0 Å². The number of carbonyl (C=O) groups excluding carboxylic acids is 1. The van der Waals surface area contributed by atoms with E-state index >= 15 is 0 Å². The first-order valence-corrected chi connectivity index (χ1v) is 4.76. The van der Waals surface area contributed by atoms with Gasteiger partial charge in [-0.1, -0.05) is 13.8 Å². The average molecular weight is 172 g/mol. The van der Waals surface area contributed by atoms with E-state index in [1.165, 1.54) is 0 Å². The highest BCUT2D eigenvalue weighted by Crippen LogP contribution is 2.07. The van der Waals surface area contributed by atoms with Crippen LogP contribution in [0.2, 0.25) is 0 Å². The highest BCUT2D eigenvalue weighted by Gasteiger charge is 2.19. The molecule has 1 fully saturated rings. The van der Waals surface area contributed by atoms with Gasteiger partial charge in [-0.25, -0.2) is 0 Å². The normalized spacial score (nSPS) is 18.2. The van der Waals surface area contributed by atoms with Crippen molar-refractivity contribution in [3.05, 3.63) is 0 Å². The fourth-order valence-corrected chi connectivity index (χ4v) is 1.23. The van der Waals surface area contributed by atoms with Gasteiger partial charge in [0.25, 0.3) is 0 Å². The van der Waals surface area contributed by atoms with E-state index in [0.29, 0.717) is 0 Å². The average Bonchev–Trinajstić information content (AvgIpc) is 2.58. The van der Waals surface area contributed by atoms with Gasteiger partial charge in [0.15, 0.2) is 0 Å². The number of amides is 1. The van der Waals surface area contributed by atoms with Crippen molar-refractivity contribution in [1.29, 1.82) is 0 Å². The van der Waals surface area contributed by atoms with Gasteiger partial charge < -0.3 is 10.6 Å². The van der Waals surface area contributed by atoms with Crippen LogP contribution in [0.5, 0.6) is 0 Å². The fourth-order valence-electron chi connectivity index (χ4n) is 1.23. The van der Waals surface area contributed by atoms with E-state index in [9.17, 15) is 4.79 Å². The minimum Gasteiger partial charge on any atom is -0.341 e. The monoisotopic (exact) mass is 172 g/mol. The Morgan fingerprint density at radius 3 is 2.08 bits per heavy atom. The van der Waals surface area contributed by atoms with Gasteiger partial charge in [-0.15, -0.1) is 0 Å². The molecule has 72 valence electrons. The highest BCUT2D eigenvalue weighted by molar-refractivity contribution is 5.81. The molecule has 0 aromatic rings. The molecule has 0 radical (unpaired) electrons. The van der Waals surface area contributed by atoms with Crippen molar-refractivity contribution >= 4 is 5.91 Å². The zero-order chi connectivity index (χ0) is 9.56. The molecule has 1 heterocycles. The van der Waals surface area contributed by atoms with Gasteiger partial charge in [0.2, 0.25) is 5.91 Å². The number of likely N-dealkylation sites (tertiary alicyclic amines) is 1. The molecule has 3 heteroatoms. The lowest BCUT2D eigenvalue weighted by atomic mass is 10.3. The lowest BCUT2D eigenvalue weighted by molar-refractivity contribution is -0.131. The molecule has 1 aliphatic rings. The number of rotatable bonds is 1. The molecule has 0 bridgehead atoms. The predicted molar refractivity (Wildman–Crippen MR) is 50.8 cm³/mol. The Kier molecular flexibility index (Phi) is 5.72. The molecule has 12 heavy (non-hydrogen) atoms. The summed E-state index contributed by atoms with van der Waals surface area (Å²) in [5.41, 5.74) is 5.42. The lowest BCUT2D eigenvalue weighted by Crippen LogP contribution is -2.40. The van der Waals surface area contributed by atoms with Crippen molar-refractivity contribution in [2.75, 3.05) is 13.1 Å². The summed E-state index contributed by atoms with van der Waals surface area (Å²) in [6.45, 7) is 7.54. The molecule has 0 aromatic carbocycles. The number of hydrogen-bond donors (Lipinski definition) is 1. The zero-order valence-electron chi connectivity index (χ0n) is 8.34. The van der Waals surface area contributed by atoms with Gasteiger partial charge in [0.1, 0.15) is 0 Å². The summed E-state index contributed by atoms with van der Waals surface area (Å²) in [6, 6.07) is -0.321. The van der Waals surface area contributed by atoms with E-state index in [1.54, 1.807) is 6.92 Å². The summed E-state index contributed by atoms with van der Waals surface area (Å²) in [6.07, 6.45) is 2.27. The first-order valence-electron chi connectivity index (χ1n) is 4.76. The topological polar surface area (TPSA) is 46.3 Å². The molecular formula is C9H20N2O. The van der Waals surface area contributed by atoms with Gasteiger partial charge in [-0.3, -0.25) is 4.79 Å². The van der Waals surface area contributed by atoms with Crippen LogP contribution >= 0.6 is 0 Å². The van der Waals surface area contributed by atoms with Crippen LogP contribution in [-0.2, 0) is 4.79 Å². The molecular weight excluding hydrogens is 152 g/mol. The second kappa shape index (κ2) is 6.00. The molecule has 1 aliphatic heterocycles. The maximum Gasteiger partial charge on any atom is 0.239 e. The van der Waals surface area contributed by atoms with Crippen LogP contribution in [0.1, 0.15) is 33.6 Å². The van der Waals surface area contributed by atoms with Crippen LogP contribution in [0, 0.1) is 0 Å². The number of nitrogens with zero attached hydrogens (tertiary/aromatic N) is 1. The lowest BCUT2D eigenvalue weighted by Gasteiger charge is -2.16. The van der Waals surface area contributed by atoms with Gasteiger partial charge in [-0.05, 0) is 19.8 Å². The van der Waals surface area contributed by atoms with Crippen LogP contribution in [-0.4, -0.2) is 29.9 Å². The zero-order valence-corrected chi connectivity index (χ0v) is 8.34. The smallest absolute Gasteiger partial charge is 0.239 e. The summed E-state index contributed by atoms with van der Waals surface area (Å²) in [5.74, 6) is 0.0949. The van der Waals surface area contributed by atoms with Crippen LogP contribution in [0.3, 0.4) is 0 Å². The second-order valence-electron chi connectivity index (χ2n) is 2.82. The molecule has 0 saturated carbocycles. The molecule has 3 nitrogen and oxygen atoms in total. The molecule has 0 aliphatic carbocycles. The van der Waals surface area contributed by atoms with Crippen molar-refractivity contribution < 1.29 is 4.79 Å². The van der Waals surface area contributed by atoms with Gasteiger partial charge in [0, 0.05) is 13.1 Å². The third-order valence-electron chi connectivity index (χ3n) is 1.81. The molecule has 0 aromatic heterocycles. The van der Waals surface area contributed by atoms with Gasteiger partial charge >= 0.3 is 0 Å². The Bertz CT molecular complexity index is 128. The number of hydrogen-bond acceptors (Lipinski definition) is 2. The van der Waals surface area contributed by atoms with E-state index in [2.05, 4.69) is 0 Å². The Balaban J connectivity index is 0.000000561. The second-order valence-corrected chi connectivity index (χ2v) is 2.82. The van der Waals surface area contributed by atoms with Crippen molar-refractivity contribution in [2.24, 2.45) is 5.73 Å². The van der Waals surface area contributed by atoms with Gasteiger partial charge in [0.05, 0.1) is 6.04 Å². The Morgan fingerprint density at radius 2 is 1.75 bits per heavy atom. The standard InChI is InChI=1S/C7H14N2O.C2H6/c1-6(8)7(10)9-4-2-3-5-9;1-2/h6H,2-5,8H2,1H3;1-2H3. The van der Waals surface area contributed by atoms with Crippen molar-refractivity contribution in [2.45, 2.75) is 39.7 Å². The van der Waals surface area contributed by atoms with E-state index in [4.69, 9.17) is 5.73 Å². The third-order valence-corrected chi connectivity index (χ3v) is 1.81. The SMILES string of the molecule is CC.CC(N)C(=O)N1CCCC1. The minimum atomic E-state index is -0.321. The predicted octanol–water partition coefficient (Wildman–Crippen LogP) is 0.982. The van der Waals surface area contributed by atoms with Gasteiger partial charge in [-0.2, -0.15) is 0 Å². The fraction of sp³-hybridized carbons (Fsp3) is 0.889. The van der Waals surface area contributed by atoms with Crippen molar-refractivity contribution in [1.82, 2.24) is 4.90 Å². The summed E-state index contributed by atoms with van der Waals surface area (Å²) >= 11 is 0. The molecule has 1 unspecified atom stereocenters. The Labute approximate surface area is 74.9 Å². The largest absolute Gasteiger partial charge is 0.341 e. The van der Waals surface area contributed by atoms with Crippen molar-refractivity contribution in [3.63, 3.8) is 0 Å². The van der Waals surface area contributed by atoms with E-state index in [-0.39, 0.29) is 11.9 Å². The first kappa shape index (κ1) is 11.4. The summed E-state index contributed by atoms with van der Waals surface area (Å²) in [5, 5.41) is 0. The molecule has 1 amide bonds. The van der Waals surface area contributed by atoms with Crippen LogP contribution in [0.4, 0.5) is 0 Å². The summed E-state index contributed by atoms with van der Waals surface area (Å²) in [4.78, 5) is 13.0. The Hall–Kier alpha value is -0.570. The molecule has 0 spiro atoms. The number of nitrogens with two attached hydrogens (primary N) is 1. The molecule has 1 atom stereocenters. The van der Waals surface area contributed by atoms with Crippen LogP contribution < -0.4 is 5.73 Å². The maximum atomic E-state index is 11.1. The Morgan fingerprint density at radius 1 is 1.33 bits per heavy atom. The quantitative estimate of drug-likeness (QED) is 0.641. The van der Waals surface area contributed by atoms with E-state index in [1.807, 2.05) is 18.7 Å². The van der Waals surface area contributed by atoms with E-state index in [0.717, 1.165) is 25.9 Å². The molecule has 1 saturated heterocycles.